The Kier molecular flexibility index (Phi) is 6.18. The second kappa shape index (κ2) is 6.38. The van der Waals surface area contributed by atoms with E-state index >= 15 is 0 Å². The third kappa shape index (κ3) is 7.56. The second-order valence-corrected chi connectivity index (χ2v) is 3.21. The van der Waals surface area contributed by atoms with Crippen LogP contribution < -0.4 is 11.1 Å². The molecule has 66 valence electrons. The molecule has 2 nitrogen and oxygen atoms in total. The van der Waals surface area contributed by atoms with Crippen molar-refractivity contribution in [2.45, 2.75) is 20.8 Å². The molecule has 1 atom stereocenters. The Labute approximate surface area is 69.9 Å². The first kappa shape index (κ1) is 10.7. The van der Waals surface area contributed by atoms with Crippen molar-refractivity contribution in [1.29, 1.82) is 0 Å². The zero-order valence-electron chi connectivity index (χ0n) is 7.85. The van der Waals surface area contributed by atoms with Gasteiger partial charge in [0.25, 0.3) is 0 Å². The first-order valence-electron chi connectivity index (χ1n) is 4.22. The van der Waals surface area contributed by atoms with Gasteiger partial charge >= 0.3 is 0 Å². The van der Waals surface area contributed by atoms with Gasteiger partial charge < -0.3 is 11.1 Å². The zero-order chi connectivity index (χ0) is 8.69. The maximum absolute atomic E-state index is 5.34. The molecule has 0 heterocycles. The molecule has 2 heteroatoms. The molecular formula is C9H20N2. The van der Waals surface area contributed by atoms with Gasteiger partial charge in [0.05, 0.1) is 0 Å². The van der Waals surface area contributed by atoms with Crippen molar-refractivity contribution in [2.75, 3.05) is 19.6 Å². The molecule has 0 saturated carbocycles. The molecule has 11 heavy (non-hydrogen) atoms. The SMILES string of the molecule is CC(C)=CC(C)CNCCN. The van der Waals surface area contributed by atoms with Crippen LogP contribution in [0.5, 0.6) is 0 Å². The minimum atomic E-state index is 0.617. The molecule has 0 saturated heterocycles. The summed E-state index contributed by atoms with van der Waals surface area (Å²) in [5.74, 6) is 0.617. The molecule has 1 unspecified atom stereocenters. The summed E-state index contributed by atoms with van der Waals surface area (Å²) in [6, 6.07) is 0. The highest BCUT2D eigenvalue weighted by Crippen LogP contribution is 1.99. The molecule has 0 rings (SSSR count). The van der Waals surface area contributed by atoms with Crippen molar-refractivity contribution in [2.24, 2.45) is 11.7 Å². The molecule has 0 spiro atoms. The Morgan fingerprint density at radius 3 is 2.64 bits per heavy atom. The van der Waals surface area contributed by atoms with Gasteiger partial charge in [-0.05, 0) is 19.8 Å². The summed E-state index contributed by atoms with van der Waals surface area (Å²) in [5.41, 5.74) is 6.72. The minimum absolute atomic E-state index is 0.617. The molecule has 0 aromatic rings. The van der Waals surface area contributed by atoms with Crippen molar-refractivity contribution >= 4 is 0 Å². The van der Waals surface area contributed by atoms with Crippen molar-refractivity contribution in [1.82, 2.24) is 5.32 Å². The van der Waals surface area contributed by atoms with Crippen LogP contribution in [0.3, 0.4) is 0 Å². The summed E-state index contributed by atoms with van der Waals surface area (Å²) in [5, 5.41) is 3.27. The average molecular weight is 156 g/mol. The summed E-state index contributed by atoms with van der Waals surface area (Å²) in [6.45, 7) is 9.13. The van der Waals surface area contributed by atoms with Crippen LogP contribution in [0, 0.1) is 5.92 Å². The smallest absolute Gasteiger partial charge is 0.00747 e. The monoisotopic (exact) mass is 156 g/mol. The van der Waals surface area contributed by atoms with Gasteiger partial charge in [0.15, 0.2) is 0 Å². The predicted octanol–water partition coefficient (Wildman–Crippen LogP) is 1.14. The van der Waals surface area contributed by atoms with Gasteiger partial charge in [-0.25, -0.2) is 0 Å². The van der Waals surface area contributed by atoms with Crippen LogP contribution >= 0.6 is 0 Å². The lowest BCUT2D eigenvalue weighted by molar-refractivity contribution is 0.596. The van der Waals surface area contributed by atoms with E-state index in [9.17, 15) is 0 Å². The van der Waals surface area contributed by atoms with Gasteiger partial charge in [0.1, 0.15) is 0 Å². The number of hydrogen-bond acceptors (Lipinski definition) is 2. The third-order valence-electron chi connectivity index (χ3n) is 1.41. The Balaban J connectivity index is 3.37. The minimum Gasteiger partial charge on any atom is -0.329 e. The summed E-state index contributed by atoms with van der Waals surface area (Å²) >= 11 is 0. The van der Waals surface area contributed by atoms with E-state index in [2.05, 4.69) is 32.2 Å². The maximum atomic E-state index is 5.34. The van der Waals surface area contributed by atoms with Crippen LogP contribution in [0.25, 0.3) is 0 Å². The maximum Gasteiger partial charge on any atom is 0.00747 e. The van der Waals surface area contributed by atoms with Gasteiger partial charge in [-0.15, -0.1) is 0 Å². The molecule has 0 amide bonds. The number of nitrogens with one attached hydrogen (secondary N) is 1. The van der Waals surface area contributed by atoms with E-state index in [1.165, 1.54) is 5.57 Å². The van der Waals surface area contributed by atoms with Crippen molar-refractivity contribution in [3.63, 3.8) is 0 Å². The van der Waals surface area contributed by atoms with Gasteiger partial charge in [-0.1, -0.05) is 18.6 Å². The molecule has 0 aromatic carbocycles. The third-order valence-corrected chi connectivity index (χ3v) is 1.41. The van der Waals surface area contributed by atoms with Crippen LogP contribution in [-0.2, 0) is 0 Å². The van der Waals surface area contributed by atoms with Crippen LogP contribution in [0.15, 0.2) is 11.6 Å². The van der Waals surface area contributed by atoms with E-state index < -0.39 is 0 Å². The normalized spacial score (nSPS) is 12.7. The van der Waals surface area contributed by atoms with Gasteiger partial charge in [0, 0.05) is 19.6 Å². The number of hydrogen-bond donors (Lipinski definition) is 2. The molecular weight excluding hydrogens is 136 g/mol. The van der Waals surface area contributed by atoms with E-state index in [1.54, 1.807) is 0 Å². The fourth-order valence-corrected chi connectivity index (χ4v) is 1.06. The van der Waals surface area contributed by atoms with Crippen LogP contribution in [-0.4, -0.2) is 19.6 Å². The van der Waals surface area contributed by atoms with E-state index in [4.69, 9.17) is 5.73 Å². The van der Waals surface area contributed by atoms with Crippen molar-refractivity contribution in [3.8, 4) is 0 Å². The molecule has 0 aliphatic carbocycles. The molecule has 0 aliphatic heterocycles. The number of allylic oxidation sites excluding steroid dienone is 1. The van der Waals surface area contributed by atoms with Crippen LogP contribution in [0.4, 0.5) is 0 Å². The summed E-state index contributed by atoms with van der Waals surface area (Å²) in [6.07, 6.45) is 2.27. The van der Waals surface area contributed by atoms with Gasteiger partial charge in [-0.3, -0.25) is 0 Å². The highest BCUT2D eigenvalue weighted by atomic mass is 14.9. The molecule has 0 aromatic heterocycles. The molecule has 0 radical (unpaired) electrons. The number of rotatable bonds is 5. The molecule has 0 bridgehead atoms. The lowest BCUT2D eigenvalue weighted by Gasteiger charge is -2.07. The Hall–Kier alpha value is -0.340. The van der Waals surface area contributed by atoms with Gasteiger partial charge in [0.2, 0.25) is 0 Å². The van der Waals surface area contributed by atoms with Gasteiger partial charge in [-0.2, -0.15) is 0 Å². The Morgan fingerprint density at radius 1 is 1.55 bits per heavy atom. The standard InChI is InChI=1S/C9H20N2/c1-8(2)6-9(3)7-11-5-4-10/h6,9,11H,4-5,7,10H2,1-3H3. The van der Waals surface area contributed by atoms with E-state index in [1.807, 2.05) is 0 Å². The summed E-state index contributed by atoms with van der Waals surface area (Å²) in [4.78, 5) is 0. The van der Waals surface area contributed by atoms with Crippen molar-refractivity contribution < 1.29 is 0 Å². The highest BCUT2D eigenvalue weighted by Gasteiger charge is 1.95. The second-order valence-electron chi connectivity index (χ2n) is 3.21. The lowest BCUT2D eigenvalue weighted by Crippen LogP contribution is -2.26. The lowest BCUT2D eigenvalue weighted by atomic mass is 10.1. The highest BCUT2D eigenvalue weighted by molar-refractivity contribution is 4.96. The molecule has 0 fully saturated rings. The van der Waals surface area contributed by atoms with E-state index in [0.29, 0.717) is 5.92 Å². The number of nitrogens with two attached hydrogens (primary N) is 1. The molecule has 0 aliphatic rings. The predicted molar refractivity (Wildman–Crippen MR) is 50.5 cm³/mol. The van der Waals surface area contributed by atoms with Crippen LogP contribution in [0.2, 0.25) is 0 Å². The van der Waals surface area contributed by atoms with E-state index in [0.717, 1.165) is 19.6 Å². The fraction of sp³-hybridized carbons (Fsp3) is 0.778. The summed E-state index contributed by atoms with van der Waals surface area (Å²) < 4.78 is 0. The quantitative estimate of drug-likeness (QED) is 0.462. The van der Waals surface area contributed by atoms with Crippen LogP contribution in [0.1, 0.15) is 20.8 Å². The Bertz CT molecular complexity index is 115. The Morgan fingerprint density at radius 2 is 2.18 bits per heavy atom. The average Bonchev–Trinajstić information content (AvgIpc) is 1.86. The zero-order valence-corrected chi connectivity index (χ0v) is 7.85. The van der Waals surface area contributed by atoms with Crippen molar-refractivity contribution in [3.05, 3.63) is 11.6 Å². The first-order valence-corrected chi connectivity index (χ1v) is 4.22. The molecule has 3 N–H and O–H groups in total. The largest absolute Gasteiger partial charge is 0.329 e. The fourth-order valence-electron chi connectivity index (χ4n) is 1.06. The van der Waals surface area contributed by atoms with E-state index in [-0.39, 0.29) is 0 Å². The topological polar surface area (TPSA) is 38.0 Å². The first-order chi connectivity index (χ1) is 5.16. The summed E-state index contributed by atoms with van der Waals surface area (Å²) in [7, 11) is 0.